The van der Waals surface area contributed by atoms with Crippen molar-refractivity contribution >= 4 is 40.4 Å². The van der Waals surface area contributed by atoms with E-state index in [0.29, 0.717) is 12.1 Å². The Bertz CT molecular complexity index is 1450. The van der Waals surface area contributed by atoms with Crippen LogP contribution >= 0.6 is 7.05 Å². The molecular formula is C32H25N2OP. The van der Waals surface area contributed by atoms with Crippen LogP contribution in [0.1, 0.15) is 11.1 Å². The first-order chi connectivity index (χ1) is 17.8. The van der Waals surface area contributed by atoms with Gasteiger partial charge in [0.1, 0.15) is 0 Å². The van der Waals surface area contributed by atoms with Crippen LogP contribution in [0.25, 0.3) is 0 Å². The molecule has 0 atom stereocenters. The molecule has 36 heavy (non-hydrogen) atoms. The van der Waals surface area contributed by atoms with Gasteiger partial charge in [0.15, 0.2) is 0 Å². The van der Waals surface area contributed by atoms with Gasteiger partial charge in [-0.05, 0) is 23.3 Å². The highest BCUT2D eigenvalue weighted by Crippen LogP contribution is 2.49. The lowest BCUT2D eigenvalue weighted by Gasteiger charge is -2.27. The standard InChI is InChI=1S/C32H25N2OP/c35-25-33-31-22-12-10-14-26(31)24-27-15-11-13-23-32(27)34-36(28-16-4-1-5-17-28,29-18-6-2-7-19-29)30-20-8-3-9-21-30/h1-23H,24H2. The third kappa shape index (κ3) is 4.76. The number of carbonyl (C=O) groups excluding carboxylic acids is 1. The predicted molar refractivity (Wildman–Crippen MR) is 151 cm³/mol. The summed E-state index contributed by atoms with van der Waals surface area (Å²) in [6, 6.07) is 47.8. The van der Waals surface area contributed by atoms with Gasteiger partial charge in [-0.15, -0.1) is 0 Å². The first-order valence-corrected chi connectivity index (χ1v) is 13.6. The minimum absolute atomic E-state index is 0.611. The summed E-state index contributed by atoms with van der Waals surface area (Å²) in [5, 5.41) is 3.59. The minimum atomic E-state index is -2.39. The summed E-state index contributed by atoms with van der Waals surface area (Å²) in [5.41, 5.74) is 3.62. The van der Waals surface area contributed by atoms with E-state index in [1.165, 1.54) is 15.9 Å². The van der Waals surface area contributed by atoms with Crippen LogP contribution in [0.15, 0.2) is 149 Å². The minimum Gasteiger partial charge on any atom is -0.254 e. The topological polar surface area (TPSA) is 41.8 Å². The number of rotatable bonds is 7. The van der Waals surface area contributed by atoms with Gasteiger partial charge in [0.05, 0.1) is 18.4 Å². The lowest BCUT2D eigenvalue weighted by molar-refractivity contribution is 0.565. The van der Waals surface area contributed by atoms with E-state index in [1.54, 1.807) is 6.08 Å². The Labute approximate surface area is 211 Å². The van der Waals surface area contributed by atoms with Crippen molar-refractivity contribution in [3.8, 4) is 0 Å². The molecule has 0 amide bonds. The average molecular weight is 485 g/mol. The fourth-order valence-corrected chi connectivity index (χ4v) is 8.06. The molecule has 0 aliphatic carbocycles. The van der Waals surface area contributed by atoms with Gasteiger partial charge < -0.3 is 0 Å². The van der Waals surface area contributed by atoms with Crippen molar-refractivity contribution in [2.45, 2.75) is 6.42 Å². The zero-order valence-electron chi connectivity index (χ0n) is 19.7. The molecule has 5 rings (SSSR count). The second kappa shape index (κ2) is 11.0. The molecule has 0 spiro atoms. The van der Waals surface area contributed by atoms with Crippen molar-refractivity contribution in [2.75, 3.05) is 0 Å². The molecular weight excluding hydrogens is 459 g/mol. The van der Waals surface area contributed by atoms with E-state index < -0.39 is 7.05 Å². The number of para-hydroxylation sites is 1. The summed E-state index contributed by atoms with van der Waals surface area (Å²) in [7, 11) is -2.39. The third-order valence-corrected chi connectivity index (χ3v) is 9.83. The Morgan fingerprint density at radius 3 is 1.36 bits per heavy atom. The van der Waals surface area contributed by atoms with Gasteiger partial charge in [0.2, 0.25) is 6.08 Å². The fraction of sp³-hybridized carbons (Fsp3) is 0.0312. The van der Waals surface area contributed by atoms with Crippen LogP contribution in [-0.2, 0) is 11.2 Å². The maximum Gasteiger partial charge on any atom is 0.240 e. The van der Waals surface area contributed by atoms with E-state index in [0.717, 1.165) is 16.8 Å². The molecule has 3 nitrogen and oxygen atoms in total. The van der Waals surface area contributed by atoms with Crippen LogP contribution in [0.2, 0.25) is 0 Å². The second-order valence-corrected chi connectivity index (χ2v) is 11.4. The lowest BCUT2D eigenvalue weighted by Crippen LogP contribution is -2.25. The summed E-state index contributed by atoms with van der Waals surface area (Å²) in [6.07, 6.45) is 2.30. The quantitative estimate of drug-likeness (QED) is 0.139. The van der Waals surface area contributed by atoms with Gasteiger partial charge in [-0.3, -0.25) is 4.74 Å². The molecule has 0 saturated heterocycles. The highest BCUT2D eigenvalue weighted by molar-refractivity contribution is 7.87. The highest BCUT2D eigenvalue weighted by Gasteiger charge is 2.27. The van der Waals surface area contributed by atoms with Crippen molar-refractivity contribution in [1.29, 1.82) is 0 Å². The van der Waals surface area contributed by atoms with Gasteiger partial charge in [-0.2, -0.15) is 4.99 Å². The number of benzene rings is 5. The smallest absolute Gasteiger partial charge is 0.240 e. The Morgan fingerprint density at radius 1 is 0.500 bits per heavy atom. The van der Waals surface area contributed by atoms with Crippen LogP contribution in [0.5, 0.6) is 0 Å². The number of isocyanates is 1. The number of hydrogen-bond donors (Lipinski definition) is 0. The fourth-order valence-electron chi connectivity index (χ4n) is 4.49. The van der Waals surface area contributed by atoms with E-state index in [4.69, 9.17) is 4.74 Å². The summed E-state index contributed by atoms with van der Waals surface area (Å²) in [4.78, 5) is 14.9. The Morgan fingerprint density at radius 2 is 0.889 bits per heavy atom. The van der Waals surface area contributed by atoms with Crippen LogP contribution in [0.3, 0.4) is 0 Å². The summed E-state index contributed by atoms with van der Waals surface area (Å²) >= 11 is 0. The molecule has 0 radical (unpaired) electrons. The molecule has 0 bridgehead atoms. The van der Waals surface area contributed by atoms with Crippen molar-refractivity contribution in [1.82, 2.24) is 0 Å². The van der Waals surface area contributed by atoms with Gasteiger partial charge in [-0.1, -0.05) is 127 Å². The monoisotopic (exact) mass is 484 g/mol. The first-order valence-electron chi connectivity index (χ1n) is 11.8. The van der Waals surface area contributed by atoms with Crippen molar-refractivity contribution in [2.24, 2.45) is 9.74 Å². The highest BCUT2D eigenvalue weighted by atomic mass is 31.2. The molecule has 5 aromatic rings. The predicted octanol–water partition coefficient (Wildman–Crippen LogP) is 7.05. The Balaban J connectivity index is 1.80. The maximum atomic E-state index is 11.0. The molecule has 5 aromatic carbocycles. The molecule has 0 fully saturated rings. The molecule has 0 unspecified atom stereocenters. The van der Waals surface area contributed by atoms with Gasteiger partial charge in [0.25, 0.3) is 0 Å². The SMILES string of the molecule is O=C=Nc1ccccc1Cc1ccccc1N=P(c1ccccc1)(c1ccccc1)c1ccccc1. The summed E-state index contributed by atoms with van der Waals surface area (Å²) < 4.78 is 5.68. The number of hydrogen-bond acceptors (Lipinski definition) is 3. The van der Waals surface area contributed by atoms with E-state index in [1.807, 2.05) is 54.6 Å². The molecule has 0 heterocycles. The van der Waals surface area contributed by atoms with E-state index >= 15 is 0 Å². The molecule has 0 saturated carbocycles. The average Bonchev–Trinajstić information content (AvgIpc) is 2.95. The Hall–Kier alpha value is -4.29. The van der Waals surface area contributed by atoms with Gasteiger partial charge in [-0.25, -0.2) is 4.79 Å². The van der Waals surface area contributed by atoms with Crippen molar-refractivity contribution in [3.63, 3.8) is 0 Å². The van der Waals surface area contributed by atoms with E-state index in [-0.39, 0.29) is 0 Å². The largest absolute Gasteiger partial charge is 0.254 e. The first kappa shape index (κ1) is 23.5. The van der Waals surface area contributed by atoms with E-state index in [9.17, 15) is 4.79 Å². The molecule has 0 aromatic heterocycles. The molecule has 0 aliphatic heterocycles. The van der Waals surface area contributed by atoms with E-state index in [2.05, 4.69) is 89.9 Å². The number of nitrogens with zero attached hydrogens (tertiary/aromatic N) is 2. The van der Waals surface area contributed by atoms with Crippen molar-refractivity contribution < 1.29 is 4.79 Å². The molecule has 0 N–H and O–H groups in total. The summed E-state index contributed by atoms with van der Waals surface area (Å²) in [5.74, 6) is 0. The summed E-state index contributed by atoms with van der Waals surface area (Å²) in [6.45, 7) is 0. The molecule has 174 valence electrons. The Kier molecular flexibility index (Phi) is 7.15. The van der Waals surface area contributed by atoms with Gasteiger partial charge in [0, 0.05) is 22.3 Å². The number of aliphatic imine (C=N–C) groups is 1. The third-order valence-electron chi connectivity index (χ3n) is 6.18. The normalized spacial score (nSPS) is 10.9. The molecule has 0 aliphatic rings. The van der Waals surface area contributed by atoms with Gasteiger partial charge >= 0.3 is 0 Å². The zero-order chi connectivity index (χ0) is 24.6. The maximum absolute atomic E-state index is 11.0. The van der Waals surface area contributed by atoms with Crippen LogP contribution < -0.4 is 15.9 Å². The van der Waals surface area contributed by atoms with Crippen LogP contribution in [0, 0.1) is 0 Å². The second-order valence-electron chi connectivity index (χ2n) is 8.38. The van der Waals surface area contributed by atoms with Crippen LogP contribution in [-0.4, -0.2) is 6.08 Å². The molecule has 4 heteroatoms. The van der Waals surface area contributed by atoms with Crippen LogP contribution in [0.4, 0.5) is 11.4 Å². The van der Waals surface area contributed by atoms with Crippen molar-refractivity contribution in [3.05, 3.63) is 151 Å². The zero-order valence-corrected chi connectivity index (χ0v) is 20.6. The lowest BCUT2D eigenvalue weighted by atomic mass is 10.0.